The fraction of sp³-hybridized carbons (Fsp3) is 0.190. The van der Waals surface area contributed by atoms with Gasteiger partial charge in [0, 0.05) is 17.3 Å². The van der Waals surface area contributed by atoms with Crippen LogP contribution in [0.3, 0.4) is 0 Å². The molecule has 0 fully saturated rings. The number of carbonyl (C=O) groups excluding carboxylic acids is 1. The lowest BCUT2D eigenvalue weighted by Gasteiger charge is -2.09. The zero-order valence-corrected chi connectivity index (χ0v) is 17.3. The van der Waals surface area contributed by atoms with Crippen LogP contribution in [0.4, 0.5) is 11.5 Å². The van der Waals surface area contributed by atoms with E-state index in [2.05, 4.69) is 52.0 Å². The van der Waals surface area contributed by atoms with Crippen molar-refractivity contribution in [3.8, 4) is 0 Å². The molecule has 1 aromatic heterocycles. The van der Waals surface area contributed by atoms with Gasteiger partial charge in [0.15, 0.2) is 0 Å². The second-order valence-electron chi connectivity index (χ2n) is 6.35. The van der Waals surface area contributed by atoms with E-state index in [0.717, 1.165) is 11.3 Å². The van der Waals surface area contributed by atoms with Crippen LogP contribution < -0.4 is 10.6 Å². The summed E-state index contributed by atoms with van der Waals surface area (Å²) in [5.74, 6) is 0.833. The number of aryl methyl sites for hydroxylation is 1. The lowest BCUT2D eigenvalue weighted by atomic mass is 10.1. The van der Waals surface area contributed by atoms with Crippen molar-refractivity contribution >= 4 is 40.8 Å². The molecule has 0 unspecified atom stereocenters. The number of anilines is 2. The summed E-state index contributed by atoms with van der Waals surface area (Å²) in [7, 11) is 0. The molecule has 1 amide bonds. The van der Waals surface area contributed by atoms with Gasteiger partial charge >= 0.3 is 0 Å². The molecule has 0 spiro atoms. The Bertz CT molecular complexity index is 946. The zero-order valence-electron chi connectivity index (χ0n) is 15.7. The number of hydrogen-bond donors (Lipinski definition) is 2. The lowest BCUT2D eigenvalue weighted by molar-refractivity contribution is -0.113. The highest BCUT2D eigenvalue weighted by molar-refractivity contribution is 7.99. The molecule has 0 aliphatic rings. The number of carbonyl (C=O) groups is 1. The molecule has 0 atom stereocenters. The smallest absolute Gasteiger partial charge is 0.234 e. The summed E-state index contributed by atoms with van der Waals surface area (Å²) in [5, 5.41) is 15.8. The van der Waals surface area contributed by atoms with E-state index >= 15 is 0 Å². The number of hydrogen-bond acceptors (Lipinski definition) is 5. The van der Waals surface area contributed by atoms with Crippen LogP contribution in [-0.2, 0) is 11.3 Å². The Kier molecular flexibility index (Phi) is 6.90. The molecule has 5 nitrogen and oxygen atoms in total. The molecule has 0 aliphatic heterocycles. The normalized spacial score (nSPS) is 10.5. The van der Waals surface area contributed by atoms with Gasteiger partial charge in [-0.1, -0.05) is 59.3 Å². The van der Waals surface area contributed by atoms with Crippen molar-refractivity contribution in [1.29, 1.82) is 0 Å². The minimum Gasteiger partial charge on any atom is -0.365 e. The van der Waals surface area contributed by atoms with Crippen LogP contribution >= 0.6 is 23.4 Å². The Hall–Kier alpha value is -2.57. The Morgan fingerprint density at radius 2 is 1.82 bits per heavy atom. The van der Waals surface area contributed by atoms with E-state index in [0.29, 0.717) is 22.4 Å². The maximum atomic E-state index is 12.2. The Morgan fingerprint density at radius 3 is 2.54 bits per heavy atom. The van der Waals surface area contributed by atoms with E-state index in [4.69, 9.17) is 11.6 Å². The van der Waals surface area contributed by atoms with E-state index < -0.39 is 0 Å². The molecule has 144 valence electrons. The maximum Gasteiger partial charge on any atom is 0.234 e. The molecule has 0 radical (unpaired) electrons. The molecule has 3 rings (SSSR count). The summed E-state index contributed by atoms with van der Waals surface area (Å²) in [6.45, 7) is 4.62. The molecule has 7 heteroatoms. The molecule has 1 heterocycles. The highest BCUT2D eigenvalue weighted by atomic mass is 35.5. The number of amides is 1. The van der Waals surface area contributed by atoms with E-state index in [1.54, 1.807) is 6.07 Å². The van der Waals surface area contributed by atoms with E-state index in [-0.39, 0.29) is 11.7 Å². The maximum absolute atomic E-state index is 12.2. The first kappa shape index (κ1) is 20.2. The van der Waals surface area contributed by atoms with Crippen LogP contribution in [0.5, 0.6) is 0 Å². The van der Waals surface area contributed by atoms with Gasteiger partial charge in [0.25, 0.3) is 0 Å². The second kappa shape index (κ2) is 9.57. The third-order valence-electron chi connectivity index (χ3n) is 4.13. The quantitative estimate of drug-likeness (QED) is 0.529. The summed E-state index contributed by atoms with van der Waals surface area (Å²) in [4.78, 5) is 12.2. The molecule has 0 bridgehead atoms. The number of halogens is 1. The van der Waals surface area contributed by atoms with Gasteiger partial charge in [-0.15, -0.1) is 10.2 Å². The van der Waals surface area contributed by atoms with Gasteiger partial charge in [0.05, 0.1) is 5.75 Å². The van der Waals surface area contributed by atoms with Crippen molar-refractivity contribution < 1.29 is 4.79 Å². The van der Waals surface area contributed by atoms with Crippen LogP contribution in [0.15, 0.2) is 59.6 Å². The molecule has 0 aliphatic carbocycles. The third kappa shape index (κ3) is 5.71. The Morgan fingerprint density at radius 1 is 1.04 bits per heavy atom. The molecule has 0 saturated carbocycles. The van der Waals surface area contributed by atoms with Crippen molar-refractivity contribution in [2.24, 2.45) is 0 Å². The summed E-state index contributed by atoms with van der Waals surface area (Å²) in [5.41, 5.74) is 3.99. The van der Waals surface area contributed by atoms with Gasteiger partial charge in [-0.2, -0.15) is 0 Å². The molecule has 2 aromatic carbocycles. The van der Waals surface area contributed by atoms with Crippen molar-refractivity contribution in [3.63, 3.8) is 0 Å². The number of rotatable bonds is 7. The highest BCUT2D eigenvalue weighted by Crippen LogP contribution is 2.23. The summed E-state index contributed by atoms with van der Waals surface area (Å²) in [6.07, 6.45) is 0. The number of thioether (sulfide) groups is 1. The van der Waals surface area contributed by atoms with Gasteiger partial charge in [-0.25, -0.2) is 0 Å². The summed E-state index contributed by atoms with van der Waals surface area (Å²) >= 11 is 7.41. The van der Waals surface area contributed by atoms with Crippen LogP contribution in [-0.4, -0.2) is 21.9 Å². The number of nitrogens with one attached hydrogen (secondary N) is 2. The number of aromatic nitrogens is 2. The Labute approximate surface area is 173 Å². The van der Waals surface area contributed by atoms with Crippen molar-refractivity contribution in [2.45, 2.75) is 25.4 Å². The van der Waals surface area contributed by atoms with Crippen LogP contribution in [0, 0.1) is 13.8 Å². The van der Waals surface area contributed by atoms with Gasteiger partial charge in [0.2, 0.25) is 5.91 Å². The molecule has 2 N–H and O–H groups in total. The first-order valence-corrected chi connectivity index (χ1v) is 10.2. The SMILES string of the molecule is Cc1ccc(CNc2ccc(SCC(=O)Nc3cccc(Cl)c3C)nn2)cc1. The van der Waals surface area contributed by atoms with Crippen molar-refractivity contribution in [2.75, 3.05) is 16.4 Å². The first-order chi connectivity index (χ1) is 13.5. The van der Waals surface area contributed by atoms with Crippen molar-refractivity contribution in [3.05, 3.63) is 76.3 Å². The average Bonchev–Trinajstić information content (AvgIpc) is 2.70. The molecule has 3 aromatic rings. The zero-order chi connectivity index (χ0) is 19.9. The van der Waals surface area contributed by atoms with E-state index in [1.807, 2.05) is 31.2 Å². The van der Waals surface area contributed by atoms with Crippen molar-refractivity contribution in [1.82, 2.24) is 10.2 Å². The standard InChI is InChI=1S/C21H21ClN4OS/c1-14-6-8-16(9-7-14)12-23-19-10-11-21(26-25-19)28-13-20(27)24-18-5-3-4-17(22)15(18)2/h3-11H,12-13H2,1-2H3,(H,23,25)(H,24,27). The largest absolute Gasteiger partial charge is 0.365 e. The fourth-order valence-corrected chi connectivity index (χ4v) is 3.25. The second-order valence-corrected chi connectivity index (χ2v) is 7.75. The first-order valence-electron chi connectivity index (χ1n) is 8.82. The molecule has 28 heavy (non-hydrogen) atoms. The number of nitrogens with zero attached hydrogens (tertiary/aromatic N) is 2. The summed E-state index contributed by atoms with van der Waals surface area (Å²) < 4.78 is 0. The van der Waals surface area contributed by atoms with Gasteiger partial charge in [-0.05, 0) is 49.2 Å². The lowest BCUT2D eigenvalue weighted by Crippen LogP contribution is -2.15. The monoisotopic (exact) mass is 412 g/mol. The summed E-state index contributed by atoms with van der Waals surface area (Å²) in [6, 6.07) is 17.5. The highest BCUT2D eigenvalue weighted by Gasteiger charge is 2.08. The van der Waals surface area contributed by atoms with Gasteiger partial charge in [-0.3, -0.25) is 4.79 Å². The topological polar surface area (TPSA) is 66.9 Å². The van der Waals surface area contributed by atoms with E-state index in [1.165, 1.54) is 22.9 Å². The average molecular weight is 413 g/mol. The van der Waals surface area contributed by atoms with Crippen LogP contribution in [0.1, 0.15) is 16.7 Å². The molecular weight excluding hydrogens is 392 g/mol. The molecular formula is C21H21ClN4OS. The predicted octanol–water partition coefficient (Wildman–Crippen LogP) is 5.09. The fourth-order valence-electron chi connectivity index (χ4n) is 2.46. The number of benzene rings is 2. The third-order valence-corrected chi connectivity index (χ3v) is 5.46. The van der Waals surface area contributed by atoms with Crippen LogP contribution in [0.2, 0.25) is 5.02 Å². The van der Waals surface area contributed by atoms with Gasteiger partial charge in [0.1, 0.15) is 10.8 Å². The van der Waals surface area contributed by atoms with E-state index in [9.17, 15) is 4.79 Å². The van der Waals surface area contributed by atoms with Crippen LogP contribution in [0.25, 0.3) is 0 Å². The Balaban J connectivity index is 1.48. The molecule has 0 saturated heterocycles. The minimum absolute atomic E-state index is 0.112. The minimum atomic E-state index is -0.112. The predicted molar refractivity (Wildman–Crippen MR) is 116 cm³/mol. The van der Waals surface area contributed by atoms with Gasteiger partial charge < -0.3 is 10.6 Å².